The molecule has 2 aliphatic rings. The number of hydrogen-bond acceptors (Lipinski definition) is 5. The monoisotopic (exact) mass is 636 g/mol. The van der Waals surface area contributed by atoms with Crippen molar-refractivity contribution in [2.75, 3.05) is 14.2 Å². The Labute approximate surface area is 234 Å². The Kier molecular flexibility index (Phi) is 6.42. The van der Waals surface area contributed by atoms with E-state index in [-0.39, 0.29) is 11.6 Å². The molecule has 0 spiro atoms. The number of allylic oxidation sites excluding steroid dienone is 1. The fourth-order valence-electron chi connectivity index (χ4n) is 5.14. The molecule has 4 aromatic rings. The number of ether oxygens (including phenoxy) is 2. The lowest BCUT2D eigenvalue weighted by atomic mass is 9.83. The maximum atomic E-state index is 13.9. The summed E-state index contributed by atoms with van der Waals surface area (Å²) in [4.78, 5) is 19.7. The summed E-state index contributed by atoms with van der Waals surface area (Å²) in [6, 6.07) is 20.1. The summed E-state index contributed by atoms with van der Waals surface area (Å²) in [6.07, 6.45) is 3.68. The molecule has 0 saturated heterocycles. The van der Waals surface area contributed by atoms with Crippen molar-refractivity contribution in [3.63, 3.8) is 0 Å². The van der Waals surface area contributed by atoms with Crippen LogP contribution in [-0.4, -0.2) is 18.8 Å². The number of methoxy groups -OCH3 is 2. The van der Waals surface area contributed by atoms with Crippen LogP contribution in [0.15, 0.2) is 85.0 Å². The number of rotatable bonds is 4. The zero-order valence-electron chi connectivity index (χ0n) is 20.1. The van der Waals surface area contributed by atoms with Gasteiger partial charge in [-0.3, -0.25) is 9.36 Å². The van der Waals surface area contributed by atoms with Gasteiger partial charge in [-0.25, -0.2) is 4.99 Å². The van der Waals surface area contributed by atoms with Crippen LogP contribution in [-0.2, 0) is 6.42 Å². The van der Waals surface area contributed by atoms with E-state index in [1.807, 2.05) is 41.0 Å². The lowest BCUT2D eigenvalue weighted by molar-refractivity contribution is 0.409. The molecule has 3 aromatic carbocycles. The molecule has 1 unspecified atom stereocenters. The molecule has 1 aliphatic carbocycles. The molecule has 1 atom stereocenters. The van der Waals surface area contributed by atoms with Gasteiger partial charge in [-0.15, -0.1) is 0 Å². The standard InChI is InChI=1S/C29H22Br2N2O3S/c1-35-19-8-5-7-18(15-19)26-21-11-10-17-6-3-4-9-20(17)25(21)32-29-33(26)28(34)24(37-29)14-16-12-22(30)27(36-2)23(31)13-16/h3-9,12-15,26H,10-11H2,1-2H3. The van der Waals surface area contributed by atoms with Crippen molar-refractivity contribution in [1.29, 1.82) is 0 Å². The van der Waals surface area contributed by atoms with Gasteiger partial charge in [0, 0.05) is 5.56 Å². The highest BCUT2D eigenvalue weighted by Crippen LogP contribution is 2.41. The van der Waals surface area contributed by atoms with Gasteiger partial charge in [-0.2, -0.15) is 0 Å². The van der Waals surface area contributed by atoms with E-state index in [0.29, 0.717) is 15.1 Å². The molecular formula is C29H22Br2N2O3S. The molecule has 2 heterocycles. The molecule has 8 heteroatoms. The van der Waals surface area contributed by atoms with Crippen LogP contribution < -0.4 is 24.4 Å². The third-order valence-electron chi connectivity index (χ3n) is 6.80. The Balaban J connectivity index is 1.60. The number of hydrogen-bond donors (Lipinski definition) is 0. The summed E-state index contributed by atoms with van der Waals surface area (Å²) in [5, 5.41) is 0. The second-order valence-corrected chi connectivity index (χ2v) is 11.6. The molecule has 0 fully saturated rings. The van der Waals surface area contributed by atoms with E-state index in [1.165, 1.54) is 22.5 Å². The van der Waals surface area contributed by atoms with E-state index in [4.69, 9.17) is 14.5 Å². The maximum absolute atomic E-state index is 13.9. The van der Waals surface area contributed by atoms with Crippen LogP contribution >= 0.6 is 43.2 Å². The average Bonchev–Trinajstić information content (AvgIpc) is 3.21. The van der Waals surface area contributed by atoms with Crippen LogP contribution in [0, 0.1) is 0 Å². The Morgan fingerprint density at radius 2 is 1.78 bits per heavy atom. The molecule has 1 aliphatic heterocycles. The first-order valence-corrected chi connectivity index (χ1v) is 14.2. The normalized spacial score (nSPS) is 16.5. The van der Waals surface area contributed by atoms with E-state index < -0.39 is 0 Å². The summed E-state index contributed by atoms with van der Waals surface area (Å²) in [6.45, 7) is 0. The van der Waals surface area contributed by atoms with Gasteiger partial charge in [-0.05, 0) is 97.3 Å². The number of fused-ring (bicyclic) bond motifs is 3. The number of thiazole rings is 1. The molecule has 0 radical (unpaired) electrons. The van der Waals surface area contributed by atoms with Crippen molar-refractivity contribution in [2.24, 2.45) is 4.99 Å². The number of aryl methyl sites for hydroxylation is 1. The van der Waals surface area contributed by atoms with Gasteiger partial charge >= 0.3 is 0 Å². The van der Waals surface area contributed by atoms with Gasteiger partial charge in [0.1, 0.15) is 11.5 Å². The molecule has 0 N–H and O–H groups in total. The van der Waals surface area contributed by atoms with Crippen molar-refractivity contribution in [3.05, 3.63) is 117 Å². The Hall–Kier alpha value is -2.94. The number of nitrogens with zero attached hydrogens (tertiary/aromatic N) is 2. The van der Waals surface area contributed by atoms with Crippen molar-refractivity contribution in [1.82, 2.24) is 4.57 Å². The smallest absolute Gasteiger partial charge is 0.271 e. The third kappa shape index (κ3) is 4.21. The molecular weight excluding hydrogens is 616 g/mol. The van der Waals surface area contributed by atoms with Gasteiger partial charge < -0.3 is 9.47 Å². The Morgan fingerprint density at radius 3 is 2.54 bits per heavy atom. The number of benzene rings is 3. The largest absolute Gasteiger partial charge is 0.497 e. The van der Waals surface area contributed by atoms with Crippen LogP contribution in [0.4, 0.5) is 0 Å². The second-order valence-electron chi connectivity index (χ2n) is 8.91. The van der Waals surface area contributed by atoms with Crippen molar-refractivity contribution in [2.45, 2.75) is 18.9 Å². The van der Waals surface area contributed by atoms with Gasteiger partial charge in [0.05, 0.1) is 39.4 Å². The predicted octanol–water partition coefficient (Wildman–Crippen LogP) is 5.86. The molecule has 37 heavy (non-hydrogen) atoms. The Bertz CT molecular complexity index is 1750. The van der Waals surface area contributed by atoms with E-state index in [9.17, 15) is 4.79 Å². The minimum atomic E-state index is -0.244. The van der Waals surface area contributed by atoms with Crippen LogP contribution in [0.5, 0.6) is 11.5 Å². The average molecular weight is 638 g/mol. The predicted molar refractivity (Wildman–Crippen MR) is 154 cm³/mol. The fraction of sp³-hybridized carbons (Fsp3) is 0.172. The van der Waals surface area contributed by atoms with Crippen molar-refractivity contribution < 1.29 is 9.47 Å². The quantitative estimate of drug-likeness (QED) is 0.282. The van der Waals surface area contributed by atoms with Crippen molar-refractivity contribution in [3.8, 4) is 11.5 Å². The summed E-state index contributed by atoms with van der Waals surface area (Å²) >= 11 is 8.55. The van der Waals surface area contributed by atoms with E-state index in [1.54, 1.807) is 14.2 Å². The van der Waals surface area contributed by atoms with Gasteiger partial charge in [-0.1, -0.05) is 47.7 Å². The minimum absolute atomic E-state index is 0.0509. The molecule has 0 saturated carbocycles. The van der Waals surface area contributed by atoms with Crippen LogP contribution in [0.2, 0.25) is 0 Å². The van der Waals surface area contributed by atoms with Crippen LogP contribution in [0.25, 0.3) is 11.8 Å². The van der Waals surface area contributed by atoms with E-state index >= 15 is 0 Å². The van der Waals surface area contributed by atoms with Gasteiger partial charge in [0.15, 0.2) is 4.80 Å². The first-order valence-electron chi connectivity index (χ1n) is 11.8. The van der Waals surface area contributed by atoms with Crippen LogP contribution in [0.1, 0.15) is 34.7 Å². The zero-order chi connectivity index (χ0) is 25.7. The second kappa shape index (κ2) is 9.74. The summed E-state index contributed by atoms with van der Waals surface area (Å²) in [7, 11) is 3.29. The number of aromatic nitrogens is 1. The SMILES string of the molecule is COc1cccc(C2C3=C(N=c4sc(=Cc5cc(Br)c(OC)c(Br)c5)c(=O)n42)c2ccccc2CC3)c1. The molecule has 186 valence electrons. The summed E-state index contributed by atoms with van der Waals surface area (Å²) < 4.78 is 15.1. The highest BCUT2D eigenvalue weighted by molar-refractivity contribution is 9.11. The zero-order valence-corrected chi connectivity index (χ0v) is 24.1. The molecule has 0 bridgehead atoms. The first-order chi connectivity index (χ1) is 18.0. The number of halogens is 2. The molecule has 1 aromatic heterocycles. The van der Waals surface area contributed by atoms with Gasteiger partial charge in [0.25, 0.3) is 5.56 Å². The highest BCUT2D eigenvalue weighted by atomic mass is 79.9. The van der Waals surface area contributed by atoms with Crippen LogP contribution in [0.3, 0.4) is 0 Å². The molecule has 0 amide bonds. The highest BCUT2D eigenvalue weighted by Gasteiger charge is 2.32. The summed E-state index contributed by atoms with van der Waals surface area (Å²) in [5.41, 5.74) is 6.45. The lowest BCUT2D eigenvalue weighted by Crippen LogP contribution is -2.38. The first kappa shape index (κ1) is 24.4. The fourth-order valence-corrected chi connectivity index (χ4v) is 7.69. The molecule has 6 rings (SSSR count). The lowest BCUT2D eigenvalue weighted by Gasteiger charge is -2.31. The van der Waals surface area contributed by atoms with E-state index in [0.717, 1.165) is 49.9 Å². The molecule has 5 nitrogen and oxygen atoms in total. The topological polar surface area (TPSA) is 52.8 Å². The maximum Gasteiger partial charge on any atom is 0.271 e. The van der Waals surface area contributed by atoms with Gasteiger partial charge in [0.2, 0.25) is 0 Å². The summed E-state index contributed by atoms with van der Waals surface area (Å²) in [5.74, 6) is 1.48. The third-order valence-corrected chi connectivity index (χ3v) is 8.97. The minimum Gasteiger partial charge on any atom is -0.497 e. The van der Waals surface area contributed by atoms with E-state index in [2.05, 4.69) is 62.2 Å². The Morgan fingerprint density at radius 1 is 1.00 bits per heavy atom. The van der Waals surface area contributed by atoms with Crippen molar-refractivity contribution >= 4 is 55.0 Å².